The molecule has 3 rings (SSSR count). The van der Waals surface area contributed by atoms with E-state index in [1.54, 1.807) is 24.3 Å². The van der Waals surface area contributed by atoms with Crippen LogP contribution in [0.25, 0.3) is 6.08 Å². The van der Waals surface area contributed by atoms with E-state index < -0.39 is 15.9 Å². The molecule has 1 amide bonds. The molecule has 1 aromatic rings. The first-order valence-corrected chi connectivity index (χ1v) is 9.27. The summed E-state index contributed by atoms with van der Waals surface area (Å²) in [4.78, 5) is 13.8. The van der Waals surface area contributed by atoms with E-state index in [1.165, 1.54) is 0 Å². The minimum absolute atomic E-state index is 0.163. The Hall–Kier alpha value is -1.62. The van der Waals surface area contributed by atoms with Gasteiger partial charge >= 0.3 is 0 Å². The molecular formula is C13H11NO6S3. The van der Waals surface area contributed by atoms with Crippen LogP contribution in [0.15, 0.2) is 23.1 Å². The maximum atomic E-state index is 12.3. The number of nitrogens with zero attached hydrogens (tertiary/aromatic N) is 1. The zero-order valence-electron chi connectivity index (χ0n) is 11.6. The maximum Gasteiger partial charge on any atom is 0.266 e. The first-order valence-electron chi connectivity index (χ1n) is 6.44. The van der Waals surface area contributed by atoms with E-state index in [9.17, 15) is 13.2 Å². The molecule has 2 aliphatic heterocycles. The fourth-order valence-electron chi connectivity index (χ4n) is 2.05. The molecule has 1 N–H and O–H groups in total. The lowest BCUT2D eigenvalue weighted by molar-refractivity contribution is -0.121. The normalized spacial score (nSPS) is 19.0. The standard InChI is InChI=1S/C13H11NO6S3/c15-12-11(22-13(21)14(12)3-4-23(16,17)18)6-8-1-2-9-10(5-8)20-7-19-9/h1-2,5-6H,3-4,7H2,(H,16,17,18)/b11-6-. The summed E-state index contributed by atoms with van der Waals surface area (Å²) in [7, 11) is -4.15. The summed E-state index contributed by atoms with van der Waals surface area (Å²) < 4.78 is 41.2. The lowest BCUT2D eigenvalue weighted by Crippen LogP contribution is -2.32. The van der Waals surface area contributed by atoms with Gasteiger partial charge in [0.1, 0.15) is 4.32 Å². The second-order valence-electron chi connectivity index (χ2n) is 4.73. The molecule has 2 aliphatic rings. The van der Waals surface area contributed by atoms with E-state index in [0.717, 1.165) is 22.2 Å². The third-order valence-corrected chi connectivity index (χ3v) is 5.22. The van der Waals surface area contributed by atoms with Crippen LogP contribution < -0.4 is 9.47 Å². The third kappa shape index (κ3) is 3.66. The van der Waals surface area contributed by atoms with Gasteiger partial charge in [-0.15, -0.1) is 0 Å². The van der Waals surface area contributed by atoms with Crippen molar-refractivity contribution in [3.05, 3.63) is 28.7 Å². The summed E-state index contributed by atoms with van der Waals surface area (Å²) in [5.41, 5.74) is 0.740. The predicted octanol–water partition coefficient (Wildman–Crippen LogP) is 1.50. The number of rotatable bonds is 4. The topological polar surface area (TPSA) is 93.1 Å². The molecule has 23 heavy (non-hydrogen) atoms. The molecule has 0 bridgehead atoms. The lowest BCUT2D eigenvalue weighted by Gasteiger charge is -2.12. The Labute approximate surface area is 142 Å². The molecule has 7 nitrogen and oxygen atoms in total. The number of hydrogen-bond acceptors (Lipinski definition) is 7. The minimum atomic E-state index is -4.15. The largest absolute Gasteiger partial charge is 0.454 e. The van der Waals surface area contributed by atoms with Crippen LogP contribution in [0.3, 0.4) is 0 Å². The number of thioether (sulfide) groups is 1. The highest BCUT2D eigenvalue weighted by Crippen LogP contribution is 2.36. The van der Waals surface area contributed by atoms with Crippen LogP contribution in [0.4, 0.5) is 0 Å². The van der Waals surface area contributed by atoms with Gasteiger partial charge in [0.2, 0.25) is 6.79 Å². The van der Waals surface area contributed by atoms with Crippen LogP contribution in [0.1, 0.15) is 5.56 Å². The Kier molecular flexibility index (Phi) is 4.32. The number of carbonyl (C=O) groups excluding carboxylic acids is 1. The van der Waals surface area contributed by atoms with E-state index in [2.05, 4.69) is 0 Å². The van der Waals surface area contributed by atoms with Crippen molar-refractivity contribution in [2.24, 2.45) is 0 Å². The summed E-state index contributed by atoms with van der Waals surface area (Å²) in [6.07, 6.45) is 1.65. The van der Waals surface area contributed by atoms with Crippen LogP contribution in [-0.2, 0) is 14.9 Å². The van der Waals surface area contributed by atoms with Crippen molar-refractivity contribution in [3.8, 4) is 11.5 Å². The minimum Gasteiger partial charge on any atom is -0.454 e. The average molecular weight is 373 g/mol. The van der Waals surface area contributed by atoms with Crippen LogP contribution in [-0.4, -0.2) is 47.2 Å². The number of benzene rings is 1. The summed E-state index contributed by atoms with van der Waals surface area (Å²) >= 11 is 6.17. The second-order valence-corrected chi connectivity index (χ2v) is 7.98. The average Bonchev–Trinajstić information content (AvgIpc) is 3.02. The van der Waals surface area contributed by atoms with Crippen LogP contribution in [0.5, 0.6) is 11.5 Å². The van der Waals surface area contributed by atoms with Crippen LogP contribution >= 0.6 is 24.0 Å². The molecule has 1 aromatic carbocycles. The molecule has 0 atom stereocenters. The summed E-state index contributed by atoms with van der Waals surface area (Å²) in [6, 6.07) is 5.26. The molecule has 10 heteroatoms. The lowest BCUT2D eigenvalue weighted by atomic mass is 10.2. The van der Waals surface area contributed by atoms with E-state index in [4.69, 9.17) is 26.2 Å². The molecule has 0 radical (unpaired) electrons. The van der Waals surface area contributed by atoms with Gasteiger partial charge in [-0.3, -0.25) is 14.2 Å². The summed E-state index contributed by atoms with van der Waals surface area (Å²) in [5, 5.41) is 0. The maximum absolute atomic E-state index is 12.3. The van der Waals surface area contributed by atoms with Crippen molar-refractivity contribution in [1.82, 2.24) is 4.90 Å². The van der Waals surface area contributed by atoms with Crippen LogP contribution in [0, 0.1) is 0 Å². The van der Waals surface area contributed by atoms with Gasteiger partial charge in [0.25, 0.3) is 16.0 Å². The number of fused-ring (bicyclic) bond motifs is 1. The SMILES string of the molecule is O=C1/C(=C/c2ccc3c(c2)OCO3)SC(=S)N1CCS(=O)(=O)O. The van der Waals surface area contributed by atoms with E-state index >= 15 is 0 Å². The van der Waals surface area contributed by atoms with Crippen molar-refractivity contribution in [1.29, 1.82) is 0 Å². The molecule has 0 aromatic heterocycles. The monoisotopic (exact) mass is 373 g/mol. The van der Waals surface area contributed by atoms with Gasteiger partial charge < -0.3 is 9.47 Å². The summed E-state index contributed by atoms with van der Waals surface area (Å²) in [6.45, 7) is -0.0154. The molecule has 2 heterocycles. The van der Waals surface area contributed by atoms with E-state index in [-0.39, 0.29) is 23.6 Å². The van der Waals surface area contributed by atoms with Crippen molar-refractivity contribution < 1.29 is 27.2 Å². The van der Waals surface area contributed by atoms with Gasteiger partial charge in [0.05, 0.1) is 10.7 Å². The van der Waals surface area contributed by atoms with Crippen LogP contribution in [0.2, 0.25) is 0 Å². The Morgan fingerprint density at radius 1 is 1.35 bits per heavy atom. The highest BCUT2D eigenvalue weighted by Gasteiger charge is 2.32. The molecule has 1 fully saturated rings. The van der Waals surface area contributed by atoms with Gasteiger partial charge in [0, 0.05) is 6.54 Å². The number of hydrogen-bond donors (Lipinski definition) is 1. The van der Waals surface area contributed by atoms with Gasteiger partial charge in [0.15, 0.2) is 11.5 Å². The Morgan fingerprint density at radius 2 is 2.09 bits per heavy atom. The Balaban J connectivity index is 1.78. The molecule has 0 unspecified atom stereocenters. The Bertz CT molecular complexity index is 817. The van der Waals surface area contributed by atoms with Gasteiger partial charge in [-0.1, -0.05) is 30.0 Å². The zero-order chi connectivity index (χ0) is 16.6. The van der Waals surface area contributed by atoms with Crippen molar-refractivity contribution in [2.75, 3.05) is 19.1 Å². The number of carbonyl (C=O) groups is 1. The first kappa shape index (κ1) is 16.2. The molecule has 0 spiro atoms. The number of amides is 1. The van der Waals surface area contributed by atoms with E-state index in [0.29, 0.717) is 16.4 Å². The number of ether oxygens (including phenoxy) is 2. The molecular weight excluding hydrogens is 362 g/mol. The fraction of sp³-hybridized carbons (Fsp3) is 0.231. The first-order chi connectivity index (χ1) is 10.8. The second kappa shape index (κ2) is 6.11. The van der Waals surface area contributed by atoms with Gasteiger partial charge in [-0.2, -0.15) is 8.42 Å². The molecule has 1 saturated heterocycles. The smallest absolute Gasteiger partial charge is 0.266 e. The van der Waals surface area contributed by atoms with Gasteiger partial charge in [-0.25, -0.2) is 0 Å². The predicted molar refractivity (Wildman–Crippen MR) is 88.9 cm³/mol. The van der Waals surface area contributed by atoms with E-state index in [1.807, 2.05) is 0 Å². The molecule has 122 valence electrons. The third-order valence-electron chi connectivity index (χ3n) is 3.14. The van der Waals surface area contributed by atoms with Crippen molar-refractivity contribution >= 4 is 50.4 Å². The van der Waals surface area contributed by atoms with Crippen molar-refractivity contribution in [2.45, 2.75) is 0 Å². The quantitative estimate of drug-likeness (QED) is 0.482. The fourth-order valence-corrected chi connectivity index (χ4v) is 3.78. The van der Waals surface area contributed by atoms with Crippen molar-refractivity contribution in [3.63, 3.8) is 0 Å². The van der Waals surface area contributed by atoms with Gasteiger partial charge in [-0.05, 0) is 23.8 Å². The molecule has 0 saturated carbocycles. The number of thiocarbonyl (C=S) groups is 1. The highest BCUT2D eigenvalue weighted by atomic mass is 32.2. The summed E-state index contributed by atoms with van der Waals surface area (Å²) in [5.74, 6) is 0.293. The highest BCUT2D eigenvalue weighted by molar-refractivity contribution is 8.26. The molecule has 0 aliphatic carbocycles. The zero-order valence-corrected chi connectivity index (χ0v) is 14.0. The Morgan fingerprint density at radius 3 is 2.83 bits per heavy atom.